The van der Waals surface area contributed by atoms with E-state index in [0.29, 0.717) is 4.68 Å². The number of anilines is 2. The largest absolute Gasteiger partial charge is 0.472 e. The van der Waals surface area contributed by atoms with E-state index in [0.717, 1.165) is 29.0 Å². The second-order valence-electron chi connectivity index (χ2n) is 10.1. The minimum atomic E-state index is -5.40. The number of thioether (sulfide) groups is 1. The molecule has 4 aromatic rings. The molecule has 248 valence electrons. The molecule has 6 N–H and O–H groups in total. The number of rotatable bonds is 2. The third kappa shape index (κ3) is 5.09. The predicted octanol–water partition coefficient (Wildman–Crippen LogP) is 0.745. The number of phosphoric acid groups is 1. The van der Waals surface area contributed by atoms with Crippen molar-refractivity contribution in [2.24, 2.45) is 0 Å². The van der Waals surface area contributed by atoms with Crippen LogP contribution < -0.4 is 17.0 Å². The van der Waals surface area contributed by atoms with Crippen molar-refractivity contribution in [3.8, 4) is 0 Å². The number of hydrogen-bond donors (Lipinski definition) is 5. The maximum atomic E-state index is 16.4. The van der Waals surface area contributed by atoms with Crippen LogP contribution >= 0.6 is 38.6 Å². The fraction of sp³-hybridized carbons (Fsp3) is 0.526. The zero-order chi connectivity index (χ0) is 32.8. The number of imidazole rings is 1. The van der Waals surface area contributed by atoms with Crippen LogP contribution in [0.4, 0.5) is 24.9 Å². The Morgan fingerprint density at radius 2 is 1.93 bits per heavy atom. The van der Waals surface area contributed by atoms with E-state index in [1.54, 1.807) is 0 Å². The van der Waals surface area contributed by atoms with Crippen molar-refractivity contribution in [3.05, 3.63) is 23.0 Å². The summed E-state index contributed by atoms with van der Waals surface area (Å²) < 4.78 is 103. The Bertz CT molecular complexity index is 2020. The highest BCUT2D eigenvalue weighted by Crippen LogP contribution is 2.63. The van der Waals surface area contributed by atoms with Gasteiger partial charge in [0.05, 0.1) is 24.8 Å². The van der Waals surface area contributed by atoms with Crippen molar-refractivity contribution in [3.63, 3.8) is 0 Å². The molecular weight excluding hydrogens is 709 g/mol. The smallest absolute Gasteiger partial charge is 0.382 e. The minimum Gasteiger partial charge on any atom is -0.382 e. The van der Waals surface area contributed by atoms with Crippen molar-refractivity contribution in [1.29, 1.82) is 0 Å². The molecule has 0 spiro atoms. The second-order valence-corrected chi connectivity index (χ2v) is 15.6. The summed E-state index contributed by atoms with van der Waals surface area (Å²) in [7, 11) is -5.40. The monoisotopic (exact) mass is 729 g/mol. The number of phosphoric ester groups is 1. The molecular formula is C19H20F3N11O9P2S2. The van der Waals surface area contributed by atoms with Crippen LogP contribution in [-0.4, -0.2) is 97.9 Å². The highest BCUT2D eigenvalue weighted by Gasteiger charge is 2.65. The number of nitrogens with one attached hydrogen (secondary N) is 1. The number of nitrogens with two attached hydrogens (primary N) is 2. The first kappa shape index (κ1) is 31.7. The number of nitrogen functional groups attached to an aromatic ring is 2. The van der Waals surface area contributed by atoms with E-state index in [4.69, 9.17) is 34.3 Å². The Morgan fingerprint density at radius 3 is 2.72 bits per heavy atom. The van der Waals surface area contributed by atoms with Gasteiger partial charge < -0.3 is 21.1 Å². The molecule has 7 rings (SSSR count). The number of thiol groups is 1. The molecule has 0 saturated carbocycles. The number of aromatic nitrogens is 9. The van der Waals surface area contributed by atoms with Gasteiger partial charge in [0.15, 0.2) is 46.1 Å². The lowest BCUT2D eigenvalue weighted by Crippen LogP contribution is -2.46. The molecule has 3 fully saturated rings. The number of alkyl halides is 3. The van der Waals surface area contributed by atoms with Gasteiger partial charge >= 0.3 is 20.5 Å². The molecule has 46 heavy (non-hydrogen) atoms. The molecule has 7 heterocycles. The molecule has 4 aromatic heterocycles. The van der Waals surface area contributed by atoms with Crippen molar-refractivity contribution in [2.45, 2.75) is 41.5 Å². The van der Waals surface area contributed by atoms with Crippen LogP contribution in [0.5, 0.6) is 0 Å². The van der Waals surface area contributed by atoms with Crippen molar-refractivity contribution >= 4 is 72.7 Å². The van der Waals surface area contributed by atoms with Gasteiger partial charge in [-0.3, -0.25) is 32.4 Å². The normalized spacial score (nSPS) is 36.7. The predicted molar refractivity (Wildman–Crippen MR) is 152 cm³/mol. The topological polar surface area (TPSA) is 273 Å². The van der Waals surface area contributed by atoms with E-state index < -0.39 is 74.9 Å². The summed E-state index contributed by atoms with van der Waals surface area (Å²) in [6, 6.07) is 0. The summed E-state index contributed by atoms with van der Waals surface area (Å²) >= 11 is 4.75. The van der Waals surface area contributed by atoms with Crippen molar-refractivity contribution in [2.75, 3.05) is 30.4 Å². The van der Waals surface area contributed by atoms with Gasteiger partial charge in [0.1, 0.15) is 12.4 Å². The summed E-state index contributed by atoms with van der Waals surface area (Å²) in [6.07, 6.45) is -7.24. The number of hydrogen-bond acceptors (Lipinski definition) is 17. The Balaban J connectivity index is 1.28. The molecule has 3 aliphatic heterocycles. The molecule has 0 radical (unpaired) electrons. The lowest BCUT2D eigenvalue weighted by atomic mass is 10.1. The van der Waals surface area contributed by atoms with Crippen LogP contribution in [0, 0.1) is 0 Å². The number of aromatic amines is 1. The quantitative estimate of drug-likeness (QED) is 0.141. The molecule has 3 aliphatic rings. The number of H-pyrrole nitrogens is 1. The van der Waals surface area contributed by atoms with Gasteiger partial charge in [-0.05, 0) is 0 Å². The average molecular weight is 730 g/mol. The Kier molecular flexibility index (Phi) is 7.47. The van der Waals surface area contributed by atoms with Crippen LogP contribution in [0.3, 0.4) is 0 Å². The van der Waals surface area contributed by atoms with E-state index in [1.165, 1.54) is 0 Å². The molecule has 8 atom stereocenters. The summed E-state index contributed by atoms with van der Waals surface area (Å²) in [6.45, 7) is -6.73. The zero-order valence-electron chi connectivity index (χ0n) is 22.5. The molecule has 2 bridgehead atoms. The summed E-state index contributed by atoms with van der Waals surface area (Å²) in [5.41, 5.74) is 7.31. The third-order valence-corrected chi connectivity index (χ3v) is 11.2. The van der Waals surface area contributed by atoms with Crippen LogP contribution in [0.1, 0.15) is 6.23 Å². The Labute approximate surface area is 262 Å². The average Bonchev–Trinajstić information content (AvgIpc) is 3.72. The maximum Gasteiger partial charge on any atom is 0.472 e. The van der Waals surface area contributed by atoms with Crippen LogP contribution in [-0.2, 0) is 37.7 Å². The van der Waals surface area contributed by atoms with E-state index in [9.17, 15) is 18.8 Å². The highest BCUT2D eigenvalue weighted by molar-refractivity contribution is 8.44. The number of ether oxygens (including phenoxy) is 1. The van der Waals surface area contributed by atoms with Gasteiger partial charge in [-0.2, -0.15) is 18.4 Å². The van der Waals surface area contributed by atoms with Gasteiger partial charge in [0.25, 0.3) is 5.56 Å². The first-order chi connectivity index (χ1) is 21.6. The number of halogens is 3. The van der Waals surface area contributed by atoms with Crippen LogP contribution in [0.2, 0.25) is 0 Å². The molecule has 3 saturated heterocycles. The standard InChI is InChI=1S/C19H20F3N11O9P2S2/c20-10-7-2-38-43(35,36)41-11-6(40-16(19(11,21)22)33-13-8(30-31-33)12(23)25-4-26-13)1-39-44(37,45)42-18(10,3-46-7)32-5-27-9-14(32)28-17(24)29-15(9)34/h4-7,10-11,16H,1-3H2,(H,35,36)(H,37,45)(H2,23,25,26)(H3,24,28,29,34)/t6-,7-,10+,11-,16-,18+,44?/m1/s1. The Morgan fingerprint density at radius 1 is 1.15 bits per heavy atom. The van der Waals surface area contributed by atoms with E-state index >= 15 is 13.2 Å². The van der Waals surface area contributed by atoms with E-state index in [-0.39, 0.29) is 39.8 Å². The first-order valence-electron chi connectivity index (χ1n) is 12.8. The second kappa shape index (κ2) is 10.8. The zero-order valence-corrected chi connectivity index (χ0v) is 26.0. The molecule has 0 aliphatic carbocycles. The lowest BCUT2D eigenvalue weighted by molar-refractivity contribution is -0.141. The Hall–Kier alpha value is -2.86. The number of fused-ring (bicyclic) bond motifs is 5. The van der Waals surface area contributed by atoms with Crippen LogP contribution in [0.25, 0.3) is 22.3 Å². The minimum absolute atomic E-state index is 0.144. The first-order valence-corrected chi connectivity index (χ1v) is 18.0. The molecule has 0 aromatic carbocycles. The maximum absolute atomic E-state index is 16.4. The van der Waals surface area contributed by atoms with Crippen molar-refractivity contribution in [1.82, 2.24) is 44.5 Å². The summed E-state index contributed by atoms with van der Waals surface area (Å²) in [5, 5.41) is 5.96. The van der Waals surface area contributed by atoms with Gasteiger partial charge in [-0.1, -0.05) is 17.5 Å². The third-order valence-electron chi connectivity index (χ3n) is 7.28. The summed E-state index contributed by atoms with van der Waals surface area (Å²) in [4.78, 5) is 40.6. The summed E-state index contributed by atoms with van der Waals surface area (Å²) in [5.74, 6) is -5.09. The van der Waals surface area contributed by atoms with Gasteiger partial charge in [-0.25, -0.2) is 28.5 Å². The fourth-order valence-corrected chi connectivity index (χ4v) is 9.40. The molecule has 20 nitrogen and oxygen atoms in total. The van der Waals surface area contributed by atoms with Gasteiger partial charge in [0, 0.05) is 5.75 Å². The van der Waals surface area contributed by atoms with Crippen molar-refractivity contribution < 1.29 is 50.0 Å². The highest BCUT2D eigenvalue weighted by atomic mass is 32.7. The van der Waals surface area contributed by atoms with Crippen LogP contribution in [0.15, 0.2) is 17.4 Å². The number of nitrogens with zero attached hydrogens (tertiary/aromatic N) is 8. The van der Waals surface area contributed by atoms with Gasteiger partial charge in [-0.15, -0.1) is 16.9 Å². The molecule has 2 unspecified atom stereocenters. The van der Waals surface area contributed by atoms with Gasteiger partial charge in [0.2, 0.25) is 12.2 Å². The van der Waals surface area contributed by atoms with E-state index in [1.807, 2.05) is 0 Å². The molecule has 0 amide bonds. The van der Waals surface area contributed by atoms with E-state index in [2.05, 4.69) is 47.5 Å². The fourth-order valence-electron chi connectivity index (χ4n) is 5.22. The SMILES string of the molecule is Nc1nc2c(ncn2[C@@]23CS[C@H](COP(=O)(O)O[C@@H]4[C@@H](COP(=O)(S)O2)O[C@@H](n2nnc5c(N)ncnc52)C4(F)F)[C@@H]3F)c(=O)[nH]1. The molecule has 27 heteroatoms. The lowest BCUT2D eigenvalue weighted by Gasteiger charge is -2.34.